The monoisotopic (exact) mass is 274 g/mol. The Balaban J connectivity index is 2.21. The van der Waals surface area contributed by atoms with Gasteiger partial charge in [0, 0.05) is 0 Å². The molecule has 2 aromatic carbocycles. The molecule has 0 radical (unpaired) electrons. The van der Waals surface area contributed by atoms with Crippen LogP contribution in [0.25, 0.3) is 0 Å². The Morgan fingerprint density at radius 1 is 1.00 bits per heavy atom. The lowest BCUT2D eigenvalue weighted by molar-refractivity contribution is 0.340. The molecule has 19 heavy (non-hydrogen) atoms. The van der Waals surface area contributed by atoms with Gasteiger partial charge in [0.05, 0.1) is 5.38 Å². The zero-order chi connectivity index (χ0) is 13.9. The Morgan fingerprint density at radius 3 is 2.21 bits per heavy atom. The van der Waals surface area contributed by atoms with Gasteiger partial charge in [-0.05, 0) is 29.0 Å². The van der Waals surface area contributed by atoms with Crippen molar-refractivity contribution in [3.05, 3.63) is 65.7 Å². The van der Waals surface area contributed by atoms with E-state index >= 15 is 0 Å². The highest BCUT2D eigenvalue weighted by atomic mass is 35.5. The summed E-state index contributed by atoms with van der Waals surface area (Å²) in [5.74, 6) is 0.340. The van der Waals surface area contributed by atoms with Crippen molar-refractivity contribution < 1.29 is 5.11 Å². The number of hydrogen-bond donors (Lipinski definition) is 1. The Bertz CT molecular complexity index is 534. The fourth-order valence-electron chi connectivity index (χ4n) is 2.31. The van der Waals surface area contributed by atoms with Gasteiger partial charge < -0.3 is 5.11 Å². The molecule has 100 valence electrons. The van der Waals surface area contributed by atoms with Gasteiger partial charge in [-0.3, -0.25) is 0 Å². The van der Waals surface area contributed by atoms with Crippen LogP contribution in [0.4, 0.5) is 0 Å². The molecule has 0 aliphatic rings. The summed E-state index contributed by atoms with van der Waals surface area (Å²) in [5.41, 5.74) is 1.92. The van der Waals surface area contributed by atoms with E-state index < -0.39 is 0 Å². The summed E-state index contributed by atoms with van der Waals surface area (Å²) in [6, 6.07) is 17.5. The van der Waals surface area contributed by atoms with Gasteiger partial charge in [0.25, 0.3) is 0 Å². The number of phenols is 1. The topological polar surface area (TPSA) is 20.2 Å². The molecule has 0 aliphatic carbocycles. The van der Waals surface area contributed by atoms with Crippen molar-refractivity contribution in [2.24, 2.45) is 5.41 Å². The first kappa shape index (κ1) is 14.0. The fourth-order valence-corrected chi connectivity index (χ4v) is 2.54. The predicted molar refractivity (Wildman–Crippen MR) is 80.6 cm³/mol. The summed E-state index contributed by atoms with van der Waals surface area (Å²) < 4.78 is 0. The van der Waals surface area contributed by atoms with Crippen LogP contribution in [0.3, 0.4) is 0 Å². The zero-order valence-corrected chi connectivity index (χ0v) is 12.1. The van der Waals surface area contributed by atoms with Gasteiger partial charge in [0.15, 0.2) is 0 Å². The van der Waals surface area contributed by atoms with E-state index in [4.69, 9.17) is 11.6 Å². The molecule has 2 aromatic rings. The van der Waals surface area contributed by atoms with Crippen molar-refractivity contribution in [2.45, 2.75) is 25.6 Å². The van der Waals surface area contributed by atoms with E-state index in [-0.39, 0.29) is 10.8 Å². The van der Waals surface area contributed by atoms with E-state index in [1.165, 1.54) is 0 Å². The molecule has 0 heterocycles. The molecule has 0 saturated carbocycles. The molecule has 0 saturated heterocycles. The summed E-state index contributed by atoms with van der Waals surface area (Å²) in [5, 5.41) is 9.79. The summed E-state index contributed by atoms with van der Waals surface area (Å²) in [6.45, 7) is 4.26. The second kappa shape index (κ2) is 5.66. The number of hydrogen-bond acceptors (Lipinski definition) is 1. The van der Waals surface area contributed by atoms with Crippen LogP contribution in [0, 0.1) is 5.41 Å². The normalized spacial score (nSPS) is 13.2. The van der Waals surface area contributed by atoms with E-state index in [1.807, 2.05) is 48.5 Å². The first-order valence-electron chi connectivity index (χ1n) is 6.46. The molecule has 1 atom stereocenters. The fraction of sp³-hybridized carbons (Fsp3) is 0.294. The third kappa shape index (κ3) is 3.30. The third-order valence-corrected chi connectivity index (χ3v) is 4.26. The number of phenolic OH excluding ortho intramolecular Hbond substituents is 1. The smallest absolute Gasteiger partial charge is 0.118 e. The summed E-state index contributed by atoms with van der Waals surface area (Å²) in [7, 11) is 0. The van der Waals surface area contributed by atoms with Crippen LogP contribution in [0.5, 0.6) is 5.75 Å². The predicted octanol–water partition coefficient (Wildman–Crippen LogP) is 4.94. The highest BCUT2D eigenvalue weighted by Gasteiger charge is 2.30. The number of rotatable bonds is 4. The maximum Gasteiger partial charge on any atom is 0.118 e. The van der Waals surface area contributed by atoms with Crippen LogP contribution in [0.15, 0.2) is 54.6 Å². The van der Waals surface area contributed by atoms with Crippen molar-refractivity contribution in [1.82, 2.24) is 0 Å². The lowest BCUT2D eigenvalue weighted by atomic mass is 9.79. The van der Waals surface area contributed by atoms with Gasteiger partial charge in [-0.2, -0.15) is 0 Å². The molecule has 0 bridgehead atoms. The van der Waals surface area contributed by atoms with Gasteiger partial charge in [-0.1, -0.05) is 62.4 Å². The van der Waals surface area contributed by atoms with Gasteiger partial charge in [-0.15, -0.1) is 11.6 Å². The number of benzene rings is 2. The minimum Gasteiger partial charge on any atom is -0.508 e. The Labute approximate surface area is 119 Å². The van der Waals surface area contributed by atoms with E-state index in [0.717, 1.165) is 17.5 Å². The zero-order valence-electron chi connectivity index (χ0n) is 11.3. The number of halogens is 1. The standard InChI is InChI=1S/C17H19ClO/c1-17(2,12-14-10-6-7-11-15(14)19)16(18)13-8-4-3-5-9-13/h3-11,16,19H,12H2,1-2H3. The summed E-state index contributed by atoms with van der Waals surface area (Å²) in [6.07, 6.45) is 0.739. The van der Waals surface area contributed by atoms with E-state index in [0.29, 0.717) is 5.75 Å². The van der Waals surface area contributed by atoms with Gasteiger partial charge in [0.1, 0.15) is 5.75 Å². The quantitative estimate of drug-likeness (QED) is 0.783. The molecule has 0 fully saturated rings. The minimum atomic E-state index is -0.137. The van der Waals surface area contributed by atoms with Gasteiger partial charge in [-0.25, -0.2) is 0 Å². The molecule has 1 N–H and O–H groups in total. The molecule has 1 unspecified atom stereocenters. The first-order chi connectivity index (χ1) is 9.00. The summed E-state index contributed by atoms with van der Waals surface area (Å²) in [4.78, 5) is 0. The average Bonchev–Trinajstić information content (AvgIpc) is 2.41. The molecule has 2 rings (SSSR count). The molecular weight excluding hydrogens is 256 g/mol. The number of aromatic hydroxyl groups is 1. The molecule has 1 nitrogen and oxygen atoms in total. The minimum absolute atomic E-state index is 0.0895. The third-order valence-electron chi connectivity index (χ3n) is 3.42. The van der Waals surface area contributed by atoms with E-state index in [2.05, 4.69) is 13.8 Å². The van der Waals surface area contributed by atoms with Crippen LogP contribution in [-0.4, -0.2) is 5.11 Å². The van der Waals surface area contributed by atoms with Crippen LogP contribution < -0.4 is 0 Å². The Hall–Kier alpha value is -1.47. The molecule has 2 heteroatoms. The number of alkyl halides is 1. The van der Waals surface area contributed by atoms with Crippen LogP contribution in [-0.2, 0) is 6.42 Å². The summed E-state index contributed by atoms with van der Waals surface area (Å²) >= 11 is 6.62. The molecule has 0 aromatic heterocycles. The maximum atomic E-state index is 9.88. The Kier molecular flexibility index (Phi) is 4.16. The molecular formula is C17H19ClO. The van der Waals surface area contributed by atoms with Crippen LogP contribution in [0.2, 0.25) is 0 Å². The van der Waals surface area contributed by atoms with Gasteiger partial charge >= 0.3 is 0 Å². The van der Waals surface area contributed by atoms with Crippen LogP contribution >= 0.6 is 11.6 Å². The molecule has 0 amide bonds. The highest BCUT2D eigenvalue weighted by molar-refractivity contribution is 6.21. The second-order valence-electron chi connectivity index (χ2n) is 5.57. The van der Waals surface area contributed by atoms with Gasteiger partial charge in [0.2, 0.25) is 0 Å². The van der Waals surface area contributed by atoms with Crippen molar-refractivity contribution in [3.63, 3.8) is 0 Å². The van der Waals surface area contributed by atoms with E-state index in [9.17, 15) is 5.11 Å². The van der Waals surface area contributed by atoms with Crippen molar-refractivity contribution in [2.75, 3.05) is 0 Å². The largest absolute Gasteiger partial charge is 0.508 e. The van der Waals surface area contributed by atoms with E-state index in [1.54, 1.807) is 6.07 Å². The van der Waals surface area contributed by atoms with Crippen molar-refractivity contribution in [3.8, 4) is 5.75 Å². The maximum absolute atomic E-state index is 9.88. The SMILES string of the molecule is CC(C)(Cc1ccccc1O)C(Cl)c1ccccc1. The molecule has 0 aliphatic heterocycles. The van der Waals surface area contributed by atoms with Crippen molar-refractivity contribution >= 4 is 11.6 Å². The lowest BCUT2D eigenvalue weighted by Gasteiger charge is -2.30. The highest BCUT2D eigenvalue weighted by Crippen LogP contribution is 2.42. The average molecular weight is 275 g/mol. The lowest BCUT2D eigenvalue weighted by Crippen LogP contribution is -2.21. The second-order valence-corrected chi connectivity index (χ2v) is 6.00. The first-order valence-corrected chi connectivity index (χ1v) is 6.90. The molecule has 0 spiro atoms. The van der Waals surface area contributed by atoms with Crippen LogP contribution in [0.1, 0.15) is 30.4 Å². The number of para-hydroxylation sites is 1. The Morgan fingerprint density at radius 2 is 1.58 bits per heavy atom. The van der Waals surface area contributed by atoms with Crippen molar-refractivity contribution in [1.29, 1.82) is 0 Å².